The average Bonchev–Trinajstić information content (AvgIpc) is 2.80. The Bertz CT molecular complexity index is 747. The van der Waals surface area contributed by atoms with Crippen LogP contribution in [0.3, 0.4) is 0 Å². The number of carbonyl (C=O) groups is 1. The van der Waals surface area contributed by atoms with Crippen molar-refractivity contribution in [1.82, 2.24) is 4.90 Å². The summed E-state index contributed by atoms with van der Waals surface area (Å²) in [6.07, 6.45) is -1.19. The number of likely N-dealkylation sites (N-methyl/N-ethyl adjacent to an activating group) is 1. The first kappa shape index (κ1) is 33.4. The molecule has 224 valence electrons. The Morgan fingerprint density at radius 1 is 1.03 bits per heavy atom. The van der Waals surface area contributed by atoms with E-state index in [0.29, 0.717) is 18.8 Å². The molecule has 5 unspecified atom stereocenters. The van der Waals surface area contributed by atoms with Crippen molar-refractivity contribution >= 4 is 5.97 Å². The smallest absolute Gasteiger partial charge is 0.311 e. The molecule has 2 heterocycles. The van der Waals surface area contributed by atoms with Gasteiger partial charge in [0, 0.05) is 19.0 Å². The number of aliphatic hydroxyl groups excluding tert-OH is 2. The highest BCUT2D eigenvalue weighted by atomic mass is 16.7. The number of hydrogen-bond acceptors (Lipinski definition) is 8. The fourth-order valence-electron chi connectivity index (χ4n) is 6.94. The minimum absolute atomic E-state index is 0.0147. The molecule has 0 bridgehead atoms. The molecule has 38 heavy (non-hydrogen) atoms. The standard InChI is InChI=1S/C30H57NO7/c1-12-23-30(10,35)27(33)21(6)31(11)16-17(2)14-29(8,9)15-19(4)26(20(5)28(34)37-23)38-24-13-18(3)25(32)22(7)36-24/h17-27,32-33,35H,12-16H2,1-11H3/t17-,18?,19-,20?,21?,22?,23-,24+,25-,26+,27?,30-/m1/s1. The van der Waals surface area contributed by atoms with E-state index in [0.717, 1.165) is 19.4 Å². The summed E-state index contributed by atoms with van der Waals surface area (Å²) in [6, 6.07) is -0.330. The molecule has 2 rings (SSSR count). The minimum Gasteiger partial charge on any atom is -0.459 e. The van der Waals surface area contributed by atoms with Gasteiger partial charge in [-0.25, -0.2) is 0 Å². The monoisotopic (exact) mass is 543 g/mol. The van der Waals surface area contributed by atoms with Gasteiger partial charge in [-0.2, -0.15) is 0 Å². The molecule has 2 aliphatic rings. The fraction of sp³-hybridized carbons (Fsp3) is 0.967. The van der Waals surface area contributed by atoms with Crippen LogP contribution in [0.25, 0.3) is 0 Å². The summed E-state index contributed by atoms with van der Waals surface area (Å²) in [5.41, 5.74) is -1.65. The first-order valence-corrected chi connectivity index (χ1v) is 14.7. The number of cyclic esters (lactones) is 1. The number of hydrogen-bond donors (Lipinski definition) is 3. The van der Waals surface area contributed by atoms with Crippen LogP contribution in [0.15, 0.2) is 0 Å². The average molecular weight is 544 g/mol. The van der Waals surface area contributed by atoms with Crippen molar-refractivity contribution in [2.45, 2.75) is 143 Å². The summed E-state index contributed by atoms with van der Waals surface area (Å²) < 4.78 is 18.5. The molecule has 2 fully saturated rings. The van der Waals surface area contributed by atoms with Crippen LogP contribution in [0.5, 0.6) is 0 Å². The van der Waals surface area contributed by atoms with Crippen LogP contribution in [-0.2, 0) is 19.0 Å². The lowest BCUT2D eigenvalue weighted by molar-refractivity contribution is -0.261. The minimum atomic E-state index is -1.63. The zero-order valence-electron chi connectivity index (χ0n) is 25.8. The molecule has 8 heteroatoms. The highest BCUT2D eigenvalue weighted by Crippen LogP contribution is 2.38. The molecule has 12 atom stereocenters. The summed E-state index contributed by atoms with van der Waals surface area (Å²) in [4.78, 5) is 15.7. The Balaban J connectivity index is 2.43. The Labute approximate surface area is 231 Å². The third-order valence-electron chi connectivity index (χ3n) is 9.14. The van der Waals surface area contributed by atoms with Gasteiger partial charge in [-0.3, -0.25) is 4.79 Å². The van der Waals surface area contributed by atoms with Crippen LogP contribution < -0.4 is 0 Å². The number of ether oxygens (including phenoxy) is 3. The van der Waals surface area contributed by atoms with Crippen LogP contribution in [-0.4, -0.2) is 88.2 Å². The van der Waals surface area contributed by atoms with Gasteiger partial charge < -0.3 is 34.4 Å². The summed E-state index contributed by atoms with van der Waals surface area (Å²) in [5, 5.41) is 33.0. The van der Waals surface area contributed by atoms with Gasteiger partial charge in [0.15, 0.2) is 6.29 Å². The second-order valence-corrected chi connectivity index (χ2v) is 13.7. The van der Waals surface area contributed by atoms with Gasteiger partial charge in [0.2, 0.25) is 0 Å². The van der Waals surface area contributed by atoms with Gasteiger partial charge in [-0.15, -0.1) is 0 Å². The van der Waals surface area contributed by atoms with E-state index in [9.17, 15) is 20.1 Å². The van der Waals surface area contributed by atoms with Crippen LogP contribution in [0.2, 0.25) is 0 Å². The van der Waals surface area contributed by atoms with Crippen molar-refractivity contribution in [3.05, 3.63) is 0 Å². The molecule has 0 amide bonds. The van der Waals surface area contributed by atoms with E-state index < -0.39 is 48.2 Å². The number of carbonyl (C=O) groups excluding carboxylic acids is 1. The van der Waals surface area contributed by atoms with E-state index in [-0.39, 0.29) is 29.4 Å². The molecule has 0 aromatic rings. The van der Waals surface area contributed by atoms with E-state index in [4.69, 9.17) is 14.2 Å². The van der Waals surface area contributed by atoms with E-state index in [1.165, 1.54) is 0 Å². The highest BCUT2D eigenvalue weighted by Gasteiger charge is 2.46. The van der Waals surface area contributed by atoms with Crippen LogP contribution in [0.4, 0.5) is 0 Å². The predicted molar refractivity (Wildman–Crippen MR) is 148 cm³/mol. The quantitative estimate of drug-likeness (QED) is 0.459. The number of nitrogens with zero attached hydrogens (tertiary/aromatic N) is 1. The maximum absolute atomic E-state index is 13.6. The SMILES string of the molecule is CC[C@H]1OC(=O)C(C)[C@@H](O[C@H]2CC(C)[C@@H](O)C(C)O2)[C@H](C)CC(C)(C)C[C@@H](C)CN(C)C(C)C(O)[C@]1(C)O. The van der Waals surface area contributed by atoms with Crippen molar-refractivity contribution < 1.29 is 34.3 Å². The molecular weight excluding hydrogens is 486 g/mol. The first-order valence-electron chi connectivity index (χ1n) is 14.7. The molecular formula is C30H57NO7. The van der Waals surface area contributed by atoms with Gasteiger partial charge in [0.25, 0.3) is 0 Å². The zero-order valence-corrected chi connectivity index (χ0v) is 25.8. The molecule has 0 spiro atoms. The molecule has 0 aromatic carbocycles. The van der Waals surface area contributed by atoms with Gasteiger partial charge in [0.05, 0.1) is 24.2 Å². The summed E-state index contributed by atoms with van der Waals surface area (Å²) in [7, 11) is 1.97. The number of esters is 1. The van der Waals surface area contributed by atoms with E-state index in [1.807, 2.05) is 41.7 Å². The van der Waals surface area contributed by atoms with E-state index in [2.05, 4.69) is 32.6 Å². The van der Waals surface area contributed by atoms with Crippen molar-refractivity contribution in [2.75, 3.05) is 13.6 Å². The summed E-state index contributed by atoms with van der Waals surface area (Å²) in [6.45, 7) is 20.6. The molecule has 2 saturated heterocycles. The molecule has 8 nitrogen and oxygen atoms in total. The molecule has 0 aromatic heterocycles. The Kier molecular flexibility index (Phi) is 11.7. The second kappa shape index (κ2) is 13.3. The van der Waals surface area contributed by atoms with Gasteiger partial charge in [-0.05, 0) is 77.2 Å². The van der Waals surface area contributed by atoms with Crippen molar-refractivity contribution in [2.24, 2.45) is 29.1 Å². The first-order chi connectivity index (χ1) is 17.4. The van der Waals surface area contributed by atoms with Gasteiger partial charge in [0.1, 0.15) is 17.8 Å². The Morgan fingerprint density at radius 2 is 1.63 bits per heavy atom. The molecule has 3 N–H and O–H groups in total. The number of aliphatic hydroxyl groups is 3. The molecule has 0 aliphatic carbocycles. The van der Waals surface area contributed by atoms with Gasteiger partial charge >= 0.3 is 5.97 Å². The normalized spacial score (nSPS) is 46.6. The van der Waals surface area contributed by atoms with Crippen LogP contribution in [0.1, 0.15) is 94.9 Å². The van der Waals surface area contributed by atoms with Crippen molar-refractivity contribution in [1.29, 1.82) is 0 Å². The fourth-order valence-corrected chi connectivity index (χ4v) is 6.94. The molecule has 2 aliphatic heterocycles. The lowest BCUT2D eigenvalue weighted by atomic mass is 9.74. The summed E-state index contributed by atoms with van der Waals surface area (Å²) >= 11 is 0. The lowest BCUT2D eigenvalue weighted by Gasteiger charge is -2.42. The van der Waals surface area contributed by atoms with Crippen LogP contribution >= 0.6 is 0 Å². The maximum Gasteiger partial charge on any atom is 0.311 e. The second-order valence-electron chi connectivity index (χ2n) is 13.7. The third kappa shape index (κ3) is 8.14. The lowest BCUT2D eigenvalue weighted by Crippen LogP contribution is -2.59. The largest absolute Gasteiger partial charge is 0.459 e. The highest BCUT2D eigenvalue weighted by molar-refractivity contribution is 5.73. The van der Waals surface area contributed by atoms with Crippen molar-refractivity contribution in [3.63, 3.8) is 0 Å². The zero-order chi connectivity index (χ0) is 29.2. The summed E-state index contributed by atoms with van der Waals surface area (Å²) in [5.74, 6) is -0.685. The Hall–Kier alpha value is -0.770. The number of rotatable bonds is 3. The maximum atomic E-state index is 13.6. The topological polar surface area (TPSA) is 109 Å². The van der Waals surface area contributed by atoms with Gasteiger partial charge in [-0.1, -0.05) is 41.5 Å². The van der Waals surface area contributed by atoms with Crippen LogP contribution in [0, 0.1) is 29.1 Å². The van der Waals surface area contributed by atoms with E-state index in [1.54, 1.807) is 6.92 Å². The third-order valence-corrected chi connectivity index (χ3v) is 9.14. The Morgan fingerprint density at radius 3 is 2.18 bits per heavy atom. The van der Waals surface area contributed by atoms with Crippen molar-refractivity contribution in [3.8, 4) is 0 Å². The molecule has 0 radical (unpaired) electrons. The van der Waals surface area contributed by atoms with E-state index >= 15 is 0 Å². The molecule has 0 saturated carbocycles. The predicted octanol–water partition coefficient (Wildman–Crippen LogP) is 3.99.